The first-order chi connectivity index (χ1) is 9.78. The van der Waals surface area contributed by atoms with Gasteiger partial charge in [0.1, 0.15) is 5.75 Å². The van der Waals surface area contributed by atoms with Gasteiger partial charge in [-0.25, -0.2) is 0 Å². The fourth-order valence-corrected chi connectivity index (χ4v) is 2.40. The van der Waals surface area contributed by atoms with Crippen LogP contribution in [0.4, 0.5) is 0 Å². The van der Waals surface area contributed by atoms with Crippen LogP contribution in [0.15, 0.2) is 42.7 Å². The predicted molar refractivity (Wildman–Crippen MR) is 80.0 cm³/mol. The van der Waals surface area contributed by atoms with Gasteiger partial charge in [0.15, 0.2) is 0 Å². The van der Waals surface area contributed by atoms with Crippen LogP contribution in [0, 0.1) is 6.92 Å². The molecule has 0 radical (unpaired) electrons. The number of rotatable bonds is 5. The number of hydrogen-bond donors (Lipinski definition) is 1. The van der Waals surface area contributed by atoms with Crippen LogP contribution in [0.1, 0.15) is 35.6 Å². The van der Waals surface area contributed by atoms with Crippen molar-refractivity contribution >= 4 is 0 Å². The van der Waals surface area contributed by atoms with E-state index in [0.29, 0.717) is 6.10 Å². The highest BCUT2D eigenvalue weighted by molar-refractivity contribution is 5.37. The molecule has 0 bridgehead atoms. The van der Waals surface area contributed by atoms with E-state index in [1.807, 2.05) is 25.5 Å². The Morgan fingerprint density at radius 2 is 1.95 bits per heavy atom. The Morgan fingerprint density at radius 1 is 1.20 bits per heavy atom. The van der Waals surface area contributed by atoms with Gasteiger partial charge in [-0.3, -0.25) is 4.98 Å². The summed E-state index contributed by atoms with van der Waals surface area (Å²) in [6.45, 7) is 2.12. The number of benzene rings is 1. The summed E-state index contributed by atoms with van der Waals surface area (Å²) in [5.74, 6) is 0.967. The fourth-order valence-electron chi connectivity index (χ4n) is 2.40. The SMILES string of the molecule is CNC(c1ccc(OC2CC2)cc1)c1cnccc1C. The van der Waals surface area contributed by atoms with E-state index in [4.69, 9.17) is 4.74 Å². The number of aromatic nitrogens is 1. The summed E-state index contributed by atoms with van der Waals surface area (Å²) < 4.78 is 5.79. The zero-order chi connectivity index (χ0) is 13.9. The van der Waals surface area contributed by atoms with E-state index < -0.39 is 0 Å². The van der Waals surface area contributed by atoms with E-state index in [1.54, 1.807) is 0 Å². The quantitative estimate of drug-likeness (QED) is 0.904. The molecular weight excluding hydrogens is 248 g/mol. The second-order valence-electron chi connectivity index (χ2n) is 5.34. The summed E-state index contributed by atoms with van der Waals surface area (Å²) in [6, 6.07) is 10.6. The molecule has 3 heteroatoms. The Balaban J connectivity index is 1.83. The maximum atomic E-state index is 5.79. The number of aryl methyl sites for hydroxylation is 1. The third kappa shape index (κ3) is 2.83. The normalized spacial score (nSPS) is 15.9. The lowest BCUT2D eigenvalue weighted by atomic mass is 9.97. The highest BCUT2D eigenvalue weighted by Crippen LogP contribution is 2.29. The molecule has 1 saturated carbocycles. The lowest BCUT2D eigenvalue weighted by Crippen LogP contribution is -2.18. The summed E-state index contributed by atoms with van der Waals surface area (Å²) >= 11 is 0. The Hall–Kier alpha value is -1.87. The molecule has 3 rings (SSSR count). The zero-order valence-electron chi connectivity index (χ0n) is 12.0. The maximum absolute atomic E-state index is 5.79. The van der Waals surface area contributed by atoms with Gasteiger partial charge in [0.05, 0.1) is 12.1 Å². The summed E-state index contributed by atoms with van der Waals surface area (Å²) in [5.41, 5.74) is 3.69. The molecule has 20 heavy (non-hydrogen) atoms. The predicted octanol–water partition coefficient (Wildman–Crippen LogP) is 3.24. The molecule has 3 nitrogen and oxygen atoms in total. The first kappa shape index (κ1) is 13.1. The standard InChI is InChI=1S/C17H20N2O/c1-12-9-10-19-11-16(12)17(18-2)13-3-5-14(6-4-13)20-15-7-8-15/h3-6,9-11,15,17-18H,7-8H2,1-2H3. The van der Waals surface area contributed by atoms with Crippen LogP contribution >= 0.6 is 0 Å². The van der Waals surface area contributed by atoms with Gasteiger partial charge in [0.2, 0.25) is 0 Å². The van der Waals surface area contributed by atoms with Gasteiger partial charge >= 0.3 is 0 Å². The van der Waals surface area contributed by atoms with Gasteiger partial charge in [-0.05, 0) is 61.7 Å². The largest absolute Gasteiger partial charge is 0.490 e. The number of nitrogens with one attached hydrogen (secondary N) is 1. The van der Waals surface area contributed by atoms with Crippen LogP contribution in [-0.2, 0) is 0 Å². The topological polar surface area (TPSA) is 34.1 Å². The van der Waals surface area contributed by atoms with Crippen molar-refractivity contribution in [3.05, 3.63) is 59.4 Å². The van der Waals surface area contributed by atoms with Gasteiger partial charge in [0.25, 0.3) is 0 Å². The number of ether oxygens (including phenoxy) is 1. The monoisotopic (exact) mass is 268 g/mol. The van der Waals surface area contributed by atoms with Crippen molar-refractivity contribution in [1.82, 2.24) is 10.3 Å². The second-order valence-corrected chi connectivity index (χ2v) is 5.34. The van der Waals surface area contributed by atoms with Gasteiger partial charge in [0, 0.05) is 12.4 Å². The van der Waals surface area contributed by atoms with Gasteiger partial charge in [-0.1, -0.05) is 12.1 Å². The Labute approximate surface area is 120 Å². The van der Waals surface area contributed by atoms with Gasteiger partial charge in [-0.2, -0.15) is 0 Å². The third-order valence-corrected chi connectivity index (χ3v) is 3.72. The molecule has 104 valence electrons. The average Bonchev–Trinajstić information content (AvgIpc) is 3.27. The summed E-state index contributed by atoms with van der Waals surface area (Å²) in [5, 5.41) is 3.37. The molecule has 1 atom stereocenters. The van der Waals surface area contributed by atoms with Crippen molar-refractivity contribution in [3.63, 3.8) is 0 Å². The molecular formula is C17H20N2O. The molecule has 1 aromatic carbocycles. The van der Waals surface area contributed by atoms with Crippen molar-refractivity contribution in [2.75, 3.05) is 7.05 Å². The minimum absolute atomic E-state index is 0.165. The van der Waals surface area contributed by atoms with Crippen LogP contribution in [0.25, 0.3) is 0 Å². The van der Waals surface area contributed by atoms with E-state index in [2.05, 4.69) is 41.5 Å². The van der Waals surface area contributed by atoms with Gasteiger partial charge < -0.3 is 10.1 Å². The molecule has 1 aliphatic carbocycles. The highest BCUT2D eigenvalue weighted by atomic mass is 16.5. The first-order valence-corrected chi connectivity index (χ1v) is 7.12. The lowest BCUT2D eigenvalue weighted by Gasteiger charge is -2.19. The average molecular weight is 268 g/mol. The number of nitrogens with zero attached hydrogens (tertiary/aromatic N) is 1. The Kier molecular flexibility index (Phi) is 3.70. The number of hydrogen-bond acceptors (Lipinski definition) is 3. The molecule has 2 aromatic rings. The lowest BCUT2D eigenvalue weighted by molar-refractivity contribution is 0.303. The second kappa shape index (κ2) is 5.63. The molecule has 0 saturated heterocycles. The molecule has 0 amide bonds. The van der Waals surface area contributed by atoms with Crippen molar-refractivity contribution in [1.29, 1.82) is 0 Å². The molecule has 1 aliphatic rings. The molecule has 1 unspecified atom stereocenters. The van der Waals surface area contributed by atoms with Crippen molar-refractivity contribution in [2.24, 2.45) is 0 Å². The van der Waals surface area contributed by atoms with Crippen molar-refractivity contribution in [2.45, 2.75) is 31.9 Å². The number of pyridine rings is 1. The van der Waals surface area contributed by atoms with Crippen LogP contribution < -0.4 is 10.1 Å². The van der Waals surface area contributed by atoms with Crippen molar-refractivity contribution < 1.29 is 4.74 Å². The third-order valence-electron chi connectivity index (χ3n) is 3.72. The highest BCUT2D eigenvalue weighted by Gasteiger charge is 2.23. The van der Waals surface area contributed by atoms with Gasteiger partial charge in [-0.15, -0.1) is 0 Å². The molecule has 1 aromatic heterocycles. The molecule has 1 fully saturated rings. The minimum atomic E-state index is 0.165. The Morgan fingerprint density at radius 3 is 2.55 bits per heavy atom. The van der Waals surface area contributed by atoms with E-state index in [-0.39, 0.29) is 6.04 Å². The molecule has 1 N–H and O–H groups in total. The minimum Gasteiger partial charge on any atom is -0.490 e. The van der Waals surface area contributed by atoms with Crippen molar-refractivity contribution in [3.8, 4) is 5.75 Å². The zero-order valence-corrected chi connectivity index (χ0v) is 12.0. The molecule has 1 heterocycles. The van der Waals surface area contributed by atoms with E-state index in [1.165, 1.54) is 29.5 Å². The first-order valence-electron chi connectivity index (χ1n) is 7.12. The maximum Gasteiger partial charge on any atom is 0.119 e. The summed E-state index contributed by atoms with van der Waals surface area (Å²) in [6.07, 6.45) is 6.59. The van der Waals surface area contributed by atoms with E-state index in [9.17, 15) is 0 Å². The van der Waals surface area contributed by atoms with Crippen LogP contribution in [-0.4, -0.2) is 18.1 Å². The van der Waals surface area contributed by atoms with Crippen LogP contribution in [0.5, 0.6) is 5.75 Å². The fraction of sp³-hybridized carbons (Fsp3) is 0.353. The Bertz CT molecular complexity index is 576. The molecule has 0 aliphatic heterocycles. The van der Waals surface area contributed by atoms with E-state index >= 15 is 0 Å². The smallest absolute Gasteiger partial charge is 0.119 e. The molecule has 0 spiro atoms. The summed E-state index contributed by atoms with van der Waals surface area (Å²) in [7, 11) is 1.98. The van der Waals surface area contributed by atoms with Crippen LogP contribution in [0.2, 0.25) is 0 Å². The van der Waals surface area contributed by atoms with Crippen LogP contribution in [0.3, 0.4) is 0 Å². The summed E-state index contributed by atoms with van der Waals surface area (Å²) in [4.78, 5) is 4.24. The van der Waals surface area contributed by atoms with E-state index in [0.717, 1.165) is 5.75 Å².